The lowest BCUT2D eigenvalue weighted by atomic mass is 9.81. The van der Waals surface area contributed by atoms with Gasteiger partial charge in [0.15, 0.2) is 5.60 Å². The lowest BCUT2D eigenvalue weighted by Crippen LogP contribution is -2.44. The van der Waals surface area contributed by atoms with E-state index in [1.807, 2.05) is 0 Å². The number of nitrogens with two attached hydrogens (primary N) is 1. The van der Waals surface area contributed by atoms with Gasteiger partial charge in [-0.1, -0.05) is 6.92 Å². The van der Waals surface area contributed by atoms with E-state index < -0.39 is 40.5 Å². The first-order chi connectivity index (χ1) is 21.0. The van der Waals surface area contributed by atoms with E-state index in [0.29, 0.717) is 53.7 Å². The van der Waals surface area contributed by atoms with Crippen LogP contribution < -0.4 is 21.9 Å². The first kappa shape index (κ1) is 28.6. The maximum absolute atomic E-state index is 15.1. The zero-order valence-electron chi connectivity index (χ0n) is 24.3. The highest BCUT2D eigenvalue weighted by Crippen LogP contribution is 2.47. The van der Waals surface area contributed by atoms with Crippen molar-refractivity contribution in [1.82, 2.24) is 20.2 Å². The minimum atomic E-state index is -1.98. The van der Waals surface area contributed by atoms with Gasteiger partial charge in [-0.15, -0.1) is 0 Å². The molecule has 0 unspecified atom stereocenters. The van der Waals surface area contributed by atoms with E-state index in [-0.39, 0.29) is 49.9 Å². The van der Waals surface area contributed by atoms with E-state index in [4.69, 9.17) is 20.2 Å². The fourth-order valence-corrected chi connectivity index (χ4v) is 6.87. The van der Waals surface area contributed by atoms with Crippen LogP contribution in [0.25, 0.3) is 22.3 Å². The number of aliphatic hydroxyl groups is 1. The van der Waals surface area contributed by atoms with Crippen molar-refractivity contribution in [2.24, 2.45) is 5.73 Å². The number of hydrogen-bond acceptors (Lipinski definition) is 9. The van der Waals surface area contributed by atoms with Gasteiger partial charge in [-0.3, -0.25) is 14.4 Å². The van der Waals surface area contributed by atoms with Crippen LogP contribution >= 0.6 is 0 Å². The second-order valence-corrected chi connectivity index (χ2v) is 12.0. The maximum atomic E-state index is 15.1. The summed E-state index contributed by atoms with van der Waals surface area (Å²) in [5.74, 6) is -1.94. The normalized spacial score (nSPS) is 22.1. The molecule has 2 aliphatic heterocycles. The Hall–Kier alpha value is -4.20. The summed E-state index contributed by atoms with van der Waals surface area (Å²) in [4.78, 5) is 56.4. The summed E-state index contributed by atoms with van der Waals surface area (Å²) >= 11 is 0. The number of nitrogens with one attached hydrogen (secondary N) is 2. The number of carbonyl (C=O) groups is 3. The Morgan fingerprint density at radius 1 is 1.25 bits per heavy atom. The molecule has 2 amide bonds. The molecule has 1 aromatic carbocycles. The fraction of sp³-hybridized carbons (Fsp3) is 0.452. The van der Waals surface area contributed by atoms with Gasteiger partial charge in [0.1, 0.15) is 24.8 Å². The van der Waals surface area contributed by atoms with Crippen molar-refractivity contribution >= 4 is 28.7 Å². The van der Waals surface area contributed by atoms with Crippen molar-refractivity contribution in [3.05, 3.63) is 61.7 Å². The summed E-state index contributed by atoms with van der Waals surface area (Å²) in [5, 5.41) is 17.7. The van der Waals surface area contributed by atoms with Crippen LogP contribution in [0.1, 0.15) is 72.0 Å². The molecule has 0 saturated heterocycles. The van der Waals surface area contributed by atoms with Crippen molar-refractivity contribution in [1.29, 1.82) is 0 Å². The van der Waals surface area contributed by atoms with Gasteiger partial charge in [0.2, 0.25) is 5.91 Å². The van der Waals surface area contributed by atoms with Crippen molar-refractivity contribution in [2.45, 2.75) is 76.3 Å². The molecular formula is C31H32FN5O7. The molecule has 1 saturated carbocycles. The summed E-state index contributed by atoms with van der Waals surface area (Å²) in [6, 6.07) is 2.49. The van der Waals surface area contributed by atoms with Crippen LogP contribution in [0.2, 0.25) is 0 Å². The predicted octanol–water partition coefficient (Wildman–Crippen LogP) is 1.21. The third-order valence-corrected chi connectivity index (χ3v) is 9.60. The van der Waals surface area contributed by atoms with E-state index in [9.17, 15) is 24.3 Å². The molecule has 0 bridgehead atoms. The minimum absolute atomic E-state index is 0.00661. The number of fused-ring (bicyclic) bond motifs is 5. The highest BCUT2D eigenvalue weighted by atomic mass is 19.1. The summed E-state index contributed by atoms with van der Waals surface area (Å²) in [7, 11) is 0. The lowest BCUT2D eigenvalue weighted by molar-refractivity contribution is -0.172. The number of ether oxygens (including phenoxy) is 2. The molecule has 2 atom stereocenters. The van der Waals surface area contributed by atoms with Crippen LogP contribution in [0.5, 0.6) is 0 Å². The lowest BCUT2D eigenvalue weighted by Gasteiger charge is -2.31. The molecule has 2 aromatic heterocycles. The van der Waals surface area contributed by atoms with Gasteiger partial charge in [-0.05, 0) is 61.8 Å². The van der Waals surface area contributed by atoms with Gasteiger partial charge in [-0.25, -0.2) is 14.2 Å². The molecule has 12 nitrogen and oxygen atoms in total. The number of benzene rings is 1. The molecule has 7 rings (SSSR count). The van der Waals surface area contributed by atoms with E-state index in [2.05, 4.69) is 10.6 Å². The van der Waals surface area contributed by atoms with Crippen molar-refractivity contribution < 1.29 is 33.4 Å². The number of aromatic nitrogens is 2. The standard InChI is InChI=1S/C31H32FN5O7/c1-3-31(42)18-8-22-26-16(11-37(22)27(39)17(18)12-43-29(31)41)25-20(5-4-15-14(2)19(32)9-21(35-26)24(15)25)36-28(40)30(6-7-30)44-13-34-23(38)10-33/h8-9,20,42H,3-7,10-13,33H2,1-2H3,(H,34,38)(H,36,40)/t20-,31-/m0/s1. The zero-order chi connectivity index (χ0) is 31.1. The van der Waals surface area contributed by atoms with Gasteiger partial charge in [0.05, 0.1) is 41.6 Å². The predicted molar refractivity (Wildman–Crippen MR) is 154 cm³/mol. The molecule has 1 fully saturated rings. The van der Waals surface area contributed by atoms with E-state index in [1.54, 1.807) is 19.9 Å². The summed E-state index contributed by atoms with van der Waals surface area (Å²) < 4.78 is 27.6. The molecule has 230 valence electrons. The number of hydrogen-bond donors (Lipinski definition) is 4. The Morgan fingerprint density at radius 2 is 2.02 bits per heavy atom. The number of halogens is 1. The first-order valence-corrected chi connectivity index (χ1v) is 14.8. The molecule has 0 spiro atoms. The number of esters is 1. The molecule has 0 radical (unpaired) electrons. The molecule has 4 aliphatic rings. The van der Waals surface area contributed by atoms with Crippen LogP contribution in [0.4, 0.5) is 4.39 Å². The maximum Gasteiger partial charge on any atom is 0.343 e. The largest absolute Gasteiger partial charge is 0.458 e. The van der Waals surface area contributed by atoms with Gasteiger partial charge in [0.25, 0.3) is 11.5 Å². The highest BCUT2D eigenvalue weighted by Gasteiger charge is 2.52. The van der Waals surface area contributed by atoms with Crippen molar-refractivity contribution in [3.8, 4) is 11.4 Å². The highest BCUT2D eigenvalue weighted by molar-refractivity contribution is 5.95. The number of amides is 2. The second-order valence-electron chi connectivity index (χ2n) is 12.0. The summed E-state index contributed by atoms with van der Waals surface area (Å²) in [6.07, 6.45) is 1.97. The summed E-state index contributed by atoms with van der Waals surface area (Å²) in [5.41, 5.74) is 6.26. The van der Waals surface area contributed by atoms with E-state index in [1.165, 1.54) is 10.6 Å². The number of carbonyl (C=O) groups excluding carboxylic acids is 3. The first-order valence-electron chi connectivity index (χ1n) is 14.8. The quantitative estimate of drug-likeness (QED) is 0.178. The number of aryl methyl sites for hydroxylation is 1. The van der Waals surface area contributed by atoms with Crippen molar-refractivity contribution in [3.63, 3.8) is 0 Å². The number of cyclic esters (lactones) is 1. The minimum Gasteiger partial charge on any atom is -0.458 e. The molecule has 5 N–H and O–H groups in total. The van der Waals surface area contributed by atoms with Crippen LogP contribution in [-0.2, 0) is 49.0 Å². The Bertz CT molecular complexity index is 1870. The Morgan fingerprint density at radius 3 is 2.73 bits per heavy atom. The number of nitrogens with zero attached hydrogens (tertiary/aromatic N) is 2. The Kier molecular flexibility index (Phi) is 6.43. The van der Waals surface area contributed by atoms with E-state index >= 15 is 4.39 Å². The average molecular weight is 606 g/mol. The molecular weight excluding hydrogens is 573 g/mol. The molecule has 3 aromatic rings. The SMILES string of the molecule is CC[C@@]1(O)C(=O)OCc2c1cc1n(c2=O)Cc2c-1nc1cc(F)c(C)c3c1c2[C@@H](NC(=O)C1(OCNC(=O)CN)CC1)CC3. The van der Waals surface area contributed by atoms with Crippen LogP contribution in [-0.4, -0.2) is 51.3 Å². The van der Waals surface area contributed by atoms with Crippen molar-refractivity contribution in [2.75, 3.05) is 13.3 Å². The molecule has 2 aliphatic carbocycles. The van der Waals surface area contributed by atoms with Gasteiger partial charge < -0.3 is 35.5 Å². The fourth-order valence-electron chi connectivity index (χ4n) is 6.87. The zero-order valence-corrected chi connectivity index (χ0v) is 24.3. The monoisotopic (exact) mass is 605 g/mol. The van der Waals surface area contributed by atoms with Crippen LogP contribution in [0.3, 0.4) is 0 Å². The average Bonchev–Trinajstić information content (AvgIpc) is 3.72. The third-order valence-electron chi connectivity index (χ3n) is 9.60. The molecule has 4 heterocycles. The molecule has 44 heavy (non-hydrogen) atoms. The molecule has 13 heteroatoms. The third kappa shape index (κ3) is 4.02. The summed E-state index contributed by atoms with van der Waals surface area (Å²) in [6.45, 7) is 2.90. The Labute approximate surface area is 250 Å². The van der Waals surface area contributed by atoms with Gasteiger partial charge >= 0.3 is 5.97 Å². The van der Waals surface area contributed by atoms with Gasteiger partial charge in [0, 0.05) is 22.6 Å². The smallest absolute Gasteiger partial charge is 0.343 e. The van der Waals surface area contributed by atoms with Crippen LogP contribution in [0, 0.1) is 12.7 Å². The Balaban J connectivity index is 1.34. The van der Waals surface area contributed by atoms with Gasteiger partial charge in [-0.2, -0.15) is 0 Å². The number of pyridine rings is 2. The van der Waals surface area contributed by atoms with E-state index in [0.717, 1.165) is 16.5 Å². The topological polar surface area (TPSA) is 175 Å². The van der Waals surface area contributed by atoms with Crippen LogP contribution in [0.15, 0.2) is 16.9 Å². The second kappa shape index (κ2) is 9.91. The number of rotatable bonds is 7.